The normalized spacial score (nSPS) is 17.1. The number of esters is 2. The molecule has 168 valence electrons. The summed E-state index contributed by atoms with van der Waals surface area (Å²) in [6.45, 7) is 3.69. The molecule has 0 saturated heterocycles. The van der Waals surface area contributed by atoms with Crippen molar-refractivity contribution in [3.63, 3.8) is 0 Å². The lowest BCUT2D eigenvalue weighted by atomic mass is 9.72. The number of carbonyl (C=O) groups is 2. The highest BCUT2D eigenvalue weighted by Gasteiger charge is 2.57. The highest BCUT2D eigenvalue weighted by molar-refractivity contribution is 7.92. The monoisotopic (exact) mass is 460 g/mol. The second-order valence-electron chi connectivity index (χ2n) is 6.96. The molecule has 3 rings (SSSR count). The van der Waals surface area contributed by atoms with Gasteiger partial charge in [0.1, 0.15) is 0 Å². The molecular weight excluding hydrogens is 440 g/mol. The molecule has 0 saturated carbocycles. The SMILES string of the molecule is C=CC1CC(C(=O)OC)(C(=O)OC)c2ccccc2N1S(=O)(=O)c1ccc([N+](=O)[O-])cc1. The van der Waals surface area contributed by atoms with Gasteiger partial charge in [-0.1, -0.05) is 24.3 Å². The third-order valence-corrected chi connectivity index (χ3v) is 7.22. The Morgan fingerprint density at radius 3 is 2.19 bits per heavy atom. The number of nitro groups is 1. The lowest BCUT2D eigenvalue weighted by molar-refractivity contribution is -0.384. The topological polar surface area (TPSA) is 133 Å². The van der Waals surface area contributed by atoms with E-state index in [1.807, 2.05) is 0 Å². The average molecular weight is 460 g/mol. The quantitative estimate of drug-likeness (QED) is 0.211. The number of methoxy groups -OCH3 is 2. The predicted octanol–water partition coefficient (Wildman–Crippen LogP) is 2.33. The molecule has 10 nitrogen and oxygen atoms in total. The number of hydrogen-bond acceptors (Lipinski definition) is 8. The zero-order chi connectivity index (χ0) is 23.7. The maximum Gasteiger partial charge on any atom is 0.327 e. The molecule has 2 aromatic carbocycles. The van der Waals surface area contributed by atoms with Crippen LogP contribution in [-0.2, 0) is 34.5 Å². The highest BCUT2D eigenvalue weighted by atomic mass is 32.2. The Hall–Kier alpha value is -3.73. The molecule has 11 heteroatoms. The summed E-state index contributed by atoms with van der Waals surface area (Å²) in [5.41, 5.74) is -2.00. The molecule has 0 bridgehead atoms. The van der Waals surface area contributed by atoms with Gasteiger partial charge in [-0.2, -0.15) is 0 Å². The van der Waals surface area contributed by atoms with E-state index in [4.69, 9.17) is 9.47 Å². The Kier molecular flexibility index (Phi) is 6.04. The van der Waals surface area contributed by atoms with Crippen molar-refractivity contribution in [1.29, 1.82) is 0 Å². The second kappa shape index (κ2) is 8.42. The van der Waals surface area contributed by atoms with Gasteiger partial charge in [-0.05, 0) is 18.2 Å². The van der Waals surface area contributed by atoms with Gasteiger partial charge in [0.15, 0.2) is 5.41 Å². The van der Waals surface area contributed by atoms with Gasteiger partial charge >= 0.3 is 11.9 Å². The number of rotatable bonds is 6. The summed E-state index contributed by atoms with van der Waals surface area (Å²) in [5, 5.41) is 10.9. The predicted molar refractivity (Wildman–Crippen MR) is 114 cm³/mol. The summed E-state index contributed by atoms with van der Waals surface area (Å²) in [7, 11) is -2.01. The van der Waals surface area contributed by atoms with Crippen LogP contribution in [0.25, 0.3) is 0 Å². The zero-order valence-corrected chi connectivity index (χ0v) is 18.1. The fraction of sp³-hybridized carbons (Fsp3) is 0.238. The molecule has 0 N–H and O–H groups in total. The Morgan fingerprint density at radius 1 is 1.12 bits per heavy atom. The molecule has 0 amide bonds. The summed E-state index contributed by atoms with van der Waals surface area (Å²) < 4.78 is 38.0. The summed E-state index contributed by atoms with van der Waals surface area (Å²) >= 11 is 0. The van der Waals surface area contributed by atoms with Gasteiger partial charge in [0, 0.05) is 24.1 Å². The molecule has 1 heterocycles. The number of hydrogen-bond donors (Lipinski definition) is 0. The van der Waals surface area contributed by atoms with Crippen LogP contribution in [0.1, 0.15) is 12.0 Å². The van der Waals surface area contributed by atoms with E-state index in [1.54, 1.807) is 12.1 Å². The van der Waals surface area contributed by atoms with Crippen LogP contribution in [0.2, 0.25) is 0 Å². The number of carbonyl (C=O) groups excluding carboxylic acids is 2. The number of ether oxygens (including phenoxy) is 2. The first-order valence-corrected chi connectivity index (χ1v) is 10.8. The molecule has 1 aliphatic heterocycles. The van der Waals surface area contributed by atoms with Gasteiger partial charge in [0.25, 0.3) is 15.7 Å². The van der Waals surface area contributed by atoms with Crippen LogP contribution in [0, 0.1) is 10.1 Å². The van der Waals surface area contributed by atoms with Crippen LogP contribution in [-0.4, -0.2) is 45.5 Å². The van der Waals surface area contributed by atoms with Crippen LogP contribution in [0.4, 0.5) is 11.4 Å². The minimum Gasteiger partial charge on any atom is -0.468 e. The van der Waals surface area contributed by atoms with Gasteiger partial charge in [0.05, 0.1) is 35.8 Å². The summed E-state index contributed by atoms with van der Waals surface area (Å²) in [5.74, 6) is -1.79. The van der Waals surface area contributed by atoms with E-state index < -0.39 is 38.3 Å². The second-order valence-corrected chi connectivity index (χ2v) is 8.78. The van der Waals surface area contributed by atoms with Crippen molar-refractivity contribution < 1.29 is 32.4 Å². The van der Waals surface area contributed by atoms with Crippen molar-refractivity contribution in [1.82, 2.24) is 0 Å². The van der Waals surface area contributed by atoms with Crippen LogP contribution in [0.15, 0.2) is 66.1 Å². The molecule has 0 fully saturated rings. The number of nitrogens with zero attached hydrogens (tertiary/aromatic N) is 2. The molecule has 0 spiro atoms. The lowest BCUT2D eigenvalue weighted by Crippen LogP contribution is -2.56. The summed E-state index contributed by atoms with van der Waals surface area (Å²) in [4.78, 5) is 35.8. The van der Waals surface area contributed by atoms with E-state index in [-0.39, 0.29) is 28.3 Å². The molecule has 32 heavy (non-hydrogen) atoms. The Balaban J connectivity index is 2.27. The molecular formula is C21H20N2O8S. The maximum atomic E-state index is 13.6. The first-order valence-electron chi connectivity index (χ1n) is 9.33. The van der Waals surface area contributed by atoms with E-state index in [0.717, 1.165) is 42.8 Å². The molecule has 1 aliphatic rings. The van der Waals surface area contributed by atoms with E-state index >= 15 is 0 Å². The standard InChI is InChI=1S/C21H20N2O8S/c1-4-14-13-21(19(24)30-2,20(25)31-3)17-7-5-6-8-18(17)22(14)32(28,29)16-11-9-15(10-12-16)23(26)27/h4-12,14H,1,13H2,2-3H3. The number of nitro benzene ring substituents is 1. The van der Waals surface area contributed by atoms with Gasteiger partial charge in [-0.15, -0.1) is 6.58 Å². The van der Waals surface area contributed by atoms with Crippen LogP contribution < -0.4 is 4.31 Å². The minimum atomic E-state index is -4.26. The van der Waals surface area contributed by atoms with Crippen LogP contribution in [0.3, 0.4) is 0 Å². The van der Waals surface area contributed by atoms with E-state index in [2.05, 4.69) is 6.58 Å². The van der Waals surface area contributed by atoms with Gasteiger partial charge in [-0.25, -0.2) is 8.42 Å². The Bertz CT molecular complexity index is 1170. The largest absolute Gasteiger partial charge is 0.468 e. The molecule has 0 aliphatic carbocycles. The molecule has 1 atom stereocenters. The average Bonchev–Trinajstić information content (AvgIpc) is 2.81. The minimum absolute atomic E-state index is 0.0674. The number of benzene rings is 2. The van der Waals surface area contributed by atoms with Crippen molar-refractivity contribution >= 4 is 33.3 Å². The third-order valence-electron chi connectivity index (χ3n) is 5.36. The molecule has 2 aromatic rings. The van der Waals surface area contributed by atoms with E-state index in [0.29, 0.717) is 0 Å². The smallest absolute Gasteiger partial charge is 0.327 e. The van der Waals surface area contributed by atoms with Crippen molar-refractivity contribution in [3.05, 3.63) is 76.9 Å². The zero-order valence-electron chi connectivity index (χ0n) is 17.3. The molecule has 0 aromatic heterocycles. The van der Waals surface area contributed by atoms with Gasteiger partial charge in [-0.3, -0.25) is 24.0 Å². The lowest BCUT2D eigenvalue weighted by Gasteiger charge is -2.43. The van der Waals surface area contributed by atoms with Crippen molar-refractivity contribution in [2.75, 3.05) is 18.5 Å². The Labute approximate surface area is 184 Å². The van der Waals surface area contributed by atoms with Crippen molar-refractivity contribution in [2.45, 2.75) is 22.8 Å². The summed E-state index contributed by atoms with van der Waals surface area (Å²) in [6, 6.07) is 9.42. The molecule has 0 radical (unpaired) electrons. The number of para-hydroxylation sites is 1. The van der Waals surface area contributed by atoms with Gasteiger partial charge < -0.3 is 9.47 Å². The first kappa shape index (κ1) is 22.9. The Morgan fingerprint density at radius 2 is 1.69 bits per heavy atom. The van der Waals surface area contributed by atoms with Crippen LogP contribution >= 0.6 is 0 Å². The van der Waals surface area contributed by atoms with Crippen molar-refractivity contribution in [2.24, 2.45) is 0 Å². The van der Waals surface area contributed by atoms with Crippen LogP contribution in [0.5, 0.6) is 0 Å². The number of fused-ring (bicyclic) bond motifs is 1. The van der Waals surface area contributed by atoms with Crippen molar-refractivity contribution in [3.8, 4) is 0 Å². The number of non-ortho nitro benzene ring substituents is 1. The fourth-order valence-electron chi connectivity index (χ4n) is 3.87. The maximum absolute atomic E-state index is 13.6. The first-order chi connectivity index (χ1) is 15.1. The number of sulfonamides is 1. The van der Waals surface area contributed by atoms with E-state index in [9.17, 15) is 28.1 Å². The number of anilines is 1. The summed E-state index contributed by atoms with van der Waals surface area (Å²) in [6.07, 6.45) is 0.999. The fourth-order valence-corrected chi connectivity index (χ4v) is 5.51. The molecule has 1 unspecified atom stereocenters. The van der Waals surface area contributed by atoms with Gasteiger partial charge in [0.2, 0.25) is 0 Å². The third kappa shape index (κ3) is 3.40. The highest BCUT2D eigenvalue weighted by Crippen LogP contribution is 2.46. The van der Waals surface area contributed by atoms with E-state index in [1.165, 1.54) is 18.2 Å².